The molecule has 0 saturated heterocycles. The maximum absolute atomic E-state index is 13.6. The zero-order valence-corrected chi connectivity index (χ0v) is 12.2. The van der Waals surface area contributed by atoms with E-state index in [1.165, 1.54) is 6.20 Å². The lowest BCUT2D eigenvalue weighted by molar-refractivity contribution is -0.126. The van der Waals surface area contributed by atoms with Gasteiger partial charge in [-0.25, -0.2) is 4.98 Å². The Morgan fingerprint density at radius 1 is 1.45 bits per heavy atom. The maximum atomic E-state index is 13.6. The van der Waals surface area contributed by atoms with Gasteiger partial charge in [0.15, 0.2) is 0 Å². The van der Waals surface area contributed by atoms with Crippen molar-refractivity contribution in [2.45, 2.75) is 20.3 Å². The quantitative estimate of drug-likeness (QED) is 0.619. The van der Waals surface area contributed by atoms with Gasteiger partial charge >= 0.3 is 0 Å². The van der Waals surface area contributed by atoms with Gasteiger partial charge in [0.2, 0.25) is 5.95 Å². The lowest BCUT2D eigenvalue weighted by Crippen LogP contribution is -2.35. The van der Waals surface area contributed by atoms with Crippen LogP contribution in [0.1, 0.15) is 25.8 Å². The second-order valence-corrected chi connectivity index (χ2v) is 5.30. The van der Waals surface area contributed by atoms with Crippen molar-refractivity contribution < 1.29 is 9.18 Å². The minimum Gasteiger partial charge on any atom is -0.335 e. The van der Waals surface area contributed by atoms with Gasteiger partial charge in [0.25, 0.3) is 5.91 Å². The lowest BCUT2D eigenvalue weighted by atomic mass is 10.0. The van der Waals surface area contributed by atoms with Crippen LogP contribution in [0.5, 0.6) is 0 Å². The number of carbonyl (C=O) groups is 1. The number of rotatable bonds is 2. The third kappa shape index (κ3) is 3.07. The highest BCUT2D eigenvalue weighted by atomic mass is 35.5. The van der Waals surface area contributed by atoms with Crippen molar-refractivity contribution in [3.63, 3.8) is 0 Å². The highest BCUT2D eigenvalue weighted by Gasteiger charge is 2.21. The fourth-order valence-corrected chi connectivity index (χ4v) is 2.19. The molecule has 1 aliphatic rings. The van der Waals surface area contributed by atoms with E-state index in [4.69, 9.17) is 11.6 Å². The van der Waals surface area contributed by atoms with Crippen LogP contribution >= 0.6 is 11.6 Å². The Balaban J connectivity index is 2.14. The SMILES string of the molecule is C/C(Cl)=C(\C)C(=O)N1CC=C(c2cccnc2F)CC1. The first kappa shape index (κ1) is 14.7. The molecule has 0 N–H and O–H groups in total. The van der Waals surface area contributed by atoms with E-state index in [2.05, 4.69) is 4.98 Å². The fraction of sp³-hybridized carbons (Fsp3) is 0.333. The molecule has 0 atom stereocenters. The molecule has 0 unspecified atom stereocenters. The van der Waals surface area contributed by atoms with Crippen LogP contribution in [0.4, 0.5) is 4.39 Å². The summed E-state index contributed by atoms with van der Waals surface area (Å²) in [5, 5.41) is 0.503. The normalized spacial score (nSPS) is 16.6. The first-order valence-corrected chi connectivity index (χ1v) is 6.80. The van der Waals surface area contributed by atoms with Crippen LogP contribution in [0.2, 0.25) is 0 Å². The zero-order valence-electron chi connectivity index (χ0n) is 11.5. The smallest absolute Gasteiger partial charge is 0.250 e. The number of hydrogen-bond acceptors (Lipinski definition) is 2. The Morgan fingerprint density at radius 2 is 2.20 bits per heavy atom. The topological polar surface area (TPSA) is 33.2 Å². The molecule has 2 rings (SSSR count). The van der Waals surface area contributed by atoms with E-state index in [-0.39, 0.29) is 5.91 Å². The number of aromatic nitrogens is 1. The predicted octanol–water partition coefficient (Wildman–Crippen LogP) is 3.37. The van der Waals surface area contributed by atoms with Crippen LogP contribution in [0.15, 0.2) is 35.0 Å². The molecule has 0 saturated carbocycles. The molecule has 3 nitrogen and oxygen atoms in total. The van der Waals surface area contributed by atoms with Crippen molar-refractivity contribution in [1.29, 1.82) is 0 Å². The Hall–Kier alpha value is -1.68. The molecule has 1 amide bonds. The summed E-state index contributed by atoms with van der Waals surface area (Å²) >= 11 is 5.85. The predicted molar refractivity (Wildman–Crippen MR) is 77.6 cm³/mol. The molecule has 2 heterocycles. The minimum absolute atomic E-state index is 0.0699. The minimum atomic E-state index is -0.466. The lowest BCUT2D eigenvalue weighted by Gasteiger charge is -2.27. The van der Waals surface area contributed by atoms with Crippen molar-refractivity contribution in [3.8, 4) is 0 Å². The second kappa shape index (κ2) is 6.18. The summed E-state index contributed by atoms with van der Waals surface area (Å²) in [4.78, 5) is 17.5. The summed E-state index contributed by atoms with van der Waals surface area (Å²) in [6.07, 6.45) is 3.91. The number of allylic oxidation sites excluding steroid dienone is 1. The highest BCUT2D eigenvalue weighted by molar-refractivity contribution is 6.31. The van der Waals surface area contributed by atoms with E-state index >= 15 is 0 Å². The zero-order chi connectivity index (χ0) is 14.7. The van der Waals surface area contributed by atoms with Crippen LogP contribution < -0.4 is 0 Å². The molecule has 1 aromatic heterocycles. The Kier molecular flexibility index (Phi) is 4.55. The summed E-state index contributed by atoms with van der Waals surface area (Å²) in [5.74, 6) is -0.536. The van der Waals surface area contributed by atoms with Crippen LogP contribution in [0.25, 0.3) is 5.57 Å². The van der Waals surface area contributed by atoms with Crippen molar-refractivity contribution in [3.05, 3.63) is 46.5 Å². The Bertz CT molecular complexity index is 591. The third-order valence-corrected chi connectivity index (χ3v) is 3.72. The van der Waals surface area contributed by atoms with E-state index in [0.29, 0.717) is 35.7 Å². The van der Waals surface area contributed by atoms with Gasteiger partial charge in [-0.3, -0.25) is 4.79 Å². The number of hydrogen-bond donors (Lipinski definition) is 0. The van der Waals surface area contributed by atoms with E-state index < -0.39 is 5.95 Å². The van der Waals surface area contributed by atoms with Crippen LogP contribution in [0, 0.1) is 5.95 Å². The van der Waals surface area contributed by atoms with E-state index in [1.54, 1.807) is 30.9 Å². The summed E-state index contributed by atoms with van der Waals surface area (Å²) in [5.41, 5.74) is 1.96. The Labute approximate surface area is 122 Å². The van der Waals surface area contributed by atoms with Crippen molar-refractivity contribution in [2.24, 2.45) is 0 Å². The Morgan fingerprint density at radius 3 is 2.75 bits per heavy atom. The van der Waals surface area contributed by atoms with Crippen molar-refractivity contribution in [2.75, 3.05) is 13.1 Å². The maximum Gasteiger partial charge on any atom is 0.250 e. The molecule has 0 aliphatic carbocycles. The van der Waals surface area contributed by atoms with Crippen LogP contribution in [-0.2, 0) is 4.79 Å². The van der Waals surface area contributed by atoms with Crippen molar-refractivity contribution >= 4 is 23.1 Å². The number of nitrogens with zero attached hydrogens (tertiary/aromatic N) is 2. The van der Waals surface area contributed by atoms with Gasteiger partial charge in [0.05, 0.1) is 0 Å². The standard InChI is InChI=1S/C15H16ClFN2O/c1-10(11(2)16)15(20)19-8-5-12(6-9-19)13-4-3-7-18-14(13)17/h3-5,7H,6,8-9H2,1-2H3/b11-10-. The number of pyridine rings is 1. The first-order chi connectivity index (χ1) is 9.50. The van der Waals surface area contributed by atoms with Gasteiger partial charge in [0, 0.05) is 35.5 Å². The number of halogens is 2. The molecule has 0 aromatic carbocycles. The van der Waals surface area contributed by atoms with E-state index in [0.717, 1.165) is 5.57 Å². The van der Waals surface area contributed by atoms with Gasteiger partial charge in [0.1, 0.15) is 0 Å². The molecule has 0 radical (unpaired) electrons. The number of carbonyl (C=O) groups excluding carboxylic acids is 1. The summed E-state index contributed by atoms with van der Waals surface area (Å²) < 4.78 is 13.6. The van der Waals surface area contributed by atoms with Gasteiger partial charge in [-0.2, -0.15) is 4.39 Å². The molecular weight excluding hydrogens is 279 g/mol. The van der Waals surface area contributed by atoms with E-state index in [9.17, 15) is 9.18 Å². The van der Waals surface area contributed by atoms with Crippen LogP contribution in [0.3, 0.4) is 0 Å². The van der Waals surface area contributed by atoms with Crippen molar-refractivity contribution in [1.82, 2.24) is 9.88 Å². The van der Waals surface area contributed by atoms with Gasteiger partial charge < -0.3 is 4.90 Å². The monoisotopic (exact) mass is 294 g/mol. The average Bonchev–Trinajstić information content (AvgIpc) is 2.46. The van der Waals surface area contributed by atoms with Gasteiger partial charge in [-0.1, -0.05) is 17.7 Å². The molecule has 1 aliphatic heterocycles. The highest BCUT2D eigenvalue weighted by Crippen LogP contribution is 2.24. The summed E-state index contributed by atoms with van der Waals surface area (Å²) in [6.45, 7) is 4.43. The molecule has 1 aromatic rings. The first-order valence-electron chi connectivity index (χ1n) is 6.43. The molecule has 0 spiro atoms. The summed E-state index contributed by atoms with van der Waals surface area (Å²) in [6, 6.07) is 3.42. The van der Waals surface area contributed by atoms with Gasteiger partial charge in [-0.15, -0.1) is 0 Å². The second-order valence-electron chi connectivity index (χ2n) is 4.73. The van der Waals surface area contributed by atoms with E-state index in [1.807, 2.05) is 6.08 Å². The number of amides is 1. The molecule has 20 heavy (non-hydrogen) atoms. The molecule has 0 fully saturated rings. The van der Waals surface area contributed by atoms with Crippen LogP contribution in [-0.4, -0.2) is 28.9 Å². The average molecular weight is 295 g/mol. The largest absolute Gasteiger partial charge is 0.335 e. The molecule has 106 valence electrons. The molecule has 0 bridgehead atoms. The summed E-state index contributed by atoms with van der Waals surface area (Å²) in [7, 11) is 0. The molecule has 5 heteroatoms. The third-order valence-electron chi connectivity index (χ3n) is 3.44. The van der Waals surface area contributed by atoms with Gasteiger partial charge in [-0.05, 0) is 38.0 Å². The fourth-order valence-electron chi connectivity index (χ4n) is 2.11. The molecular formula is C15H16ClFN2O.